The summed E-state index contributed by atoms with van der Waals surface area (Å²) in [6.45, 7) is 2.82. The second-order valence-electron chi connectivity index (χ2n) is 6.86. The molecule has 3 heterocycles. The van der Waals surface area contributed by atoms with Gasteiger partial charge < -0.3 is 15.0 Å². The van der Waals surface area contributed by atoms with Crippen molar-refractivity contribution in [2.45, 2.75) is 26.4 Å². The Morgan fingerprint density at radius 1 is 1.19 bits per heavy atom. The third-order valence-electron chi connectivity index (χ3n) is 4.75. The van der Waals surface area contributed by atoms with Crippen molar-refractivity contribution in [3.63, 3.8) is 0 Å². The van der Waals surface area contributed by atoms with Gasteiger partial charge in [0.2, 0.25) is 0 Å². The van der Waals surface area contributed by atoms with E-state index in [0.717, 1.165) is 5.56 Å². The fourth-order valence-corrected chi connectivity index (χ4v) is 3.72. The summed E-state index contributed by atoms with van der Waals surface area (Å²) in [6.07, 6.45) is 3.59. The Bertz CT molecular complexity index is 1250. The Morgan fingerprint density at radius 3 is 2.81 bits per heavy atom. The summed E-state index contributed by atoms with van der Waals surface area (Å²) in [5, 5.41) is 5.19. The van der Waals surface area contributed by atoms with Gasteiger partial charge in [-0.1, -0.05) is 41.4 Å². The number of fused-ring (bicyclic) bond motifs is 1. The van der Waals surface area contributed by atoms with Gasteiger partial charge in [0, 0.05) is 11.6 Å². The summed E-state index contributed by atoms with van der Waals surface area (Å²) in [7, 11) is 0. The quantitative estimate of drug-likeness (QED) is 0.332. The van der Waals surface area contributed by atoms with E-state index in [9.17, 15) is 4.79 Å². The number of nitrogens with zero attached hydrogens (tertiary/aromatic N) is 6. The normalized spacial score (nSPS) is 11.2. The van der Waals surface area contributed by atoms with Crippen LogP contribution in [-0.4, -0.2) is 41.9 Å². The number of carbonyl (C=O) groups excluding carboxylic acids is 1. The minimum atomic E-state index is -0.519. The SMILES string of the molecule is Cc1nn(Cc2ccccc2Cl)c(Cl)c1C(=O)OCCCn1cnc2c(N)ncnc21. The molecule has 31 heavy (non-hydrogen) atoms. The summed E-state index contributed by atoms with van der Waals surface area (Å²) >= 11 is 12.6. The lowest BCUT2D eigenvalue weighted by Crippen LogP contribution is -2.10. The average molecular weight is 460 g/mol. The molecule has 0 aliphatic rings. The first-order valence-corrected chi connectivity index (χ1v) is 10.3. The van der Waals surface area contributed by atoms with Crippen LogP contribution in [0.3, 0.4) is 0 Å². The van der Waals surface area contributed by atoms with Crippen LogP contribution < -0.4 is 5.73 Å². The van der Waals surface area contributed by atoms with Crippen LogP contribution in [0.25, 0.3) is 11.2 Å². The molecule has 0 unspecified atom stereocenters. The maximum absolute atomic E-state index is 12.6. The van der Waals surface area contributed by atoms with E-state index in [4.69, 9.17) is 33.7 Å². The van der Waals surface area contributed by atoms with Crippen LogP contribution in [0.15, 0.2) is 36.9 Å². The Labute approximate surface area is 187 Å². The van der Waals surface area contributed by atoms with E-state index in [1.165, 1.54) is 11.0 Å². The summed E-state index contributed by atoms with van der Waals surface area (Å²) in [5.41, 5.74) is 8.58. The van der Waals surface area contributed by atoms with Crippen LogP contribution >= 0.6 is 23.2 Å². The molecule has 0 atom stereocenters. The number of hydrogen-bond acceptors (Lipinski definition) is 7. The molecule has 4 rings (SSSR count). The largest absolute Gasteiger partial charge is 0.462 e. The summed E-state index contributed by atoms with van der Waals surface area (Å²) in [5.74, 6) is -0.191. The zero-order valence-corrected chi connectivity index (χ0v) is 18.1. The highest BCUT2D eigenvalue weighted by Crippen LogP contribution is 2.24. The second-order valence-corrected chi connectivity index (χ2v) is 7.62. The van der Waals surface area contributed by atoms with Crippen molar-refractivity contribution < 1.29 is 9.53 Å². The number of hydrogen-bond donors (Lipinski definition) is 1. The zero-order chi connectivity index (χ0) is 22.0. The maximum Gasteiger partial charge on any atom is 0.343 e. The molecular weight excluding hydrogens is 441 g/mol. The fraction of sp³-hybridized carbons (Fsp3) is 0.250. The number of nitrogen functional groups attached to an aromatic ring is 1. The molecule has 0 bridgehead atoms. The van der Waals surface area contributed by atoms with Crippen molar-refractivity contribution in [1.82, 2.24) is 29.3 Å². The van der Waals surface area contributed by atoms with Crippen molar-refractivity contribution in [2.24, 2.45) is 0 Å². The Morgan fingerprint density at radius 2 is 2.00 bits per heavy atom. The highest BCUT2D eigenvalue weighted by atomic mass is 35.5. The molecule has 2 N–H and O–H groups in total. The highest BCUT2D eigenvalue weighted by molar-refractivity contribution is 6.33. The van der Waals surface area contributed by atoms with Gasteiger partial charge in [-0.05, 0) is 25.0 Å². The molecule has 11 heteroatoms. The van der Waals surface area contributed by atoms with Gasteiger partial charge in [0.1, 0.15) is 22.6 Å². The fourth-order valence-electron chi connectivity index (χ4n) is 3.21. The van der Waals surface area contributed by atoms with Crippen molar-refractivity contribution in [2.75, 3.05) is 12.3 Å². The molecule has 9 nitrogen and oxygen atoms in total. The summed E-state index contributed by atoms with van der Waals surface area (Å²) in [4.78, 5) is 24.9. The van der Waals surface area contributed by atoms with Gasteiger partial charge in [-0.2, -0.15) is 5.10 Å². The Balaban J connectivity index is 1.38. The van der Waals surface area contributed by atoms with Gasteiger partial charge in [0.25, 0.3) is 0 Å². The molecule has 0 spiro atoms. The second kappa shape index (κ2) is 8.91. The summed E-state index contributed by atoms with van der Waals surface area (Å²) < 4.78 is 8.79. The van der Waals surface area contributed by atoms with E-state index in [-0.39, 0.29) is 17.3 Å². The van der Waals surface area contributed by atoms with Gasteiger partial charge in [-0.3, -0.25) is 0 Å². The number of carbonyl (C=O) groups is 1. The molecule has 0 saturated heterocycles. The molecule has 0 aliphatic carbocycles. The van der Waals surface area contributed by atoms with Gasteiger partial charge in [0.15, 0.2) is 11.5 Å². The molecule has 0 amide bonds. The molecular formula is C20H19Cl2N7O2. The maximum atomic E-state index is 12.6. The van der Waals surface area contributed by atoms with Crippen molar-refractivity contribution in [3.8, 4) is 0 Å². The number of rotatable bonds is 7. The molecule has 1 aromatic carbocycles. The number of imidazole rings is 1. The van der Waals surface area contributed by atoms with Crippen LogP contribution in [0, 0.1) is 6.92 Å². The smallest absolute Gasteiger partial charge is 0.343 e. The number of nitrogens with two attached hydrogens (primary N) is 1. The van der Waals surface area contributed by atoms with Crippen LogP contribution in [-0.2, 0) is 17.8 Å². The highest BCUT2D eigenvalue weighted by Gasteiger charge is 2.22. The topological polar surface area (TPSA) is 114 Å². The molecule has 0 saturated carbocycles. The Hall–Kier alpha value is -3.17. The first kappa shape index (κ1) is 21.1. The van der Waals surface area contributed by atoms with E-state index in [1.807, 2.05) is 22.8 Å². The molecule has 0 aliphatic heterocycles. The number of aryl methyl sites for hydroxylation is 2. The van der Waals surface area contributed by atoms with Crippen molar-refractivity contribution >= 4 is 46.2 Å². The first-order valence-electron chi connectivity index (χ1n) is 9.50. The van der Waals surface area contributed by atoms with Gasteiger partial charge in [0.05, 0.1) is 25.2 Å². The number of benzene rings is 1. The number of esters is 1. The van der Waals surface area contributed by atoms with E-state index in [0.29, 0.717) is 47.2 Å². The third kappa shape index (κ3) is 4.33. The van der Waals surface area contributed by atoms with Crippen molar-refractivity contribution in [3.05, 3.63) is 63.9 Å². The minimum Gasteiger partial charge on any atom is -0.462 e. The van der Waals surface area contributed by atoms with E-state index >= 15 is 0 Å². The molecule has 4 aromatic rings. The van der Waals surface area contributed by atoms with Gasteiger partial charge >= 0.3 is 5.97 Å². The van der Waals surface area contributed by atoms with Crippen molar-refractivity contribution in [1.29, 1.82) is 0 Å². The van der Waals surface area contributed by atoms with Crippen LogP contribution in [0.1, 0.15) is 28.0 Å². The molecule has 0 radical (unpaired) electrons. The lowest BCUT2D eigenvalue weighted by atomic mass is 10.2. The minimum absolute atomic E-state index is 0.199. The van der Waals surface area contributed by atoms with Crippen LogP contribution in [0.4, 0.5) is 5.82 Å². The number of halogens is 2. The predicted octanol–water partition coefficient (Wildman–Crippen LogP) is 3.52. The monoisotopic (exact) mass is 459 g/mol. The standard InChI is InChI=1S/C20H19Cl2N7O2/c1-12-15(17(22)29(27-12)9-13-5-2-3-6-14(13)21)20(30)31-8-4-7-28-11-26-16-18(23)24-10-25-19(16)28/h2-3,5-6,10-11H,4,7-9H2,1H3,(H2,23,24,25). The predicted molar refractivity (Wildman–Crippen MR) is 117 cm³/mol. The van der Waals surface area contributed by atoms with Crippen LogP contribution in [0.5, 0.6) is 0 Å². The average Bonchev–Trinajstić information content (AvgIpc) is 3.28. The van der Waals surface area contributed by atoms with Crippen LogP contribution in [0.2, 0.25) is 10.2 Å². The zero-order valence-electron chi connectivity index (χ0n) is 16.6. The van der Waals surface area contributed by atoms with E-state index < -0.39 is 5.97 Å². The molecule has 160 valence electrons. The summed E-state index contributed by atoms with van der Waals surface area (Å²) in [6, 6.07) is 7.40. The third-order valence-corrected chi connectivity index (χ3v) is 5.51. The number of anilines is 1. The lowest BCUT2D eigenvalue weighted by Gasteiger charge is -2.07. The molecule has 3 aromatic heterocycles. The first-order chi connectivity index (χ1) is 15.0. The molecule has 0 fully saturated rings. The van der Waals surface area contributed by atoms with E-state index in [1.54, 1.807) is 19.3 Å². The lowest BCUT2D eigenvalue weighted by molar-refractivity contribution is 0.0495. The number of ether oxygens (including phenoxy) is 1. The van der Waals surface area contributed by atoms with Gasteiger partial charge in [-0.15, -0.1) is 0 Å². The Kier molecular flexibility index (Phi) is 6.06. The van der Waals surface area contributed by atoms with E-state index in [2.05, 4.69) is 20.1 Å². The van der Waals surface area contributed by atoms with Gasteiger partial charge in [-0.25, -0.2) is 24.4 Å². The number of aromatic nitrogens is 6.